The highest BCUT2D eigenvalue weighted by molar-refractivity contribution is 5.92. The van der Waals surface area contributed by atoms with Gasteiger partial charge in [0.15, 0.2) is 5.82 Å². The van der Waals surface area contributed by atoms with Crippen molar-refractivity contribution in [2.24, 2.45) is 0 Å². The van der Waals surface area contributed by atoms with Gasteiger partial charge in [-0.15, -0.1) is 0 Å². The topological polar surface area (TPSA) is 117 Å². The van der Waals surface area contributed by atoms with Crippen LogP contribution in [0.1, 0.15) is 28.2 Å². The zero-order valence-corrected chi connectivity index (χ0v) is 14.9. The van der Waals surface area contributed by atoms with Crippen LogP contribution >= 0.6 is 0 Å². The largest absolute Gasteiger partial charge is 0.387 e. The summed E-state index contributed by atoms with van der Waals surface area (Å²) < 4.78 is 31.2. The first-order valence-electron chi connectivity index (χ1n) is 8.51. The van der Waals surface area contributed by atoms with E-state index in [4.69, 9.17) is 4.52 Å². The highest BCUT2D eigenvalue weighted by Gasteiger charge is 2.19. The number of anilines is 1. The molecule has 0 aliphatic rings. The van der Waals surface area contributed by atoms with Crippen LogP contribution in [0.25, 0.3) is 0 Å². The molecule has 1 heterocycles. The van der Waals surface area contributed by atoms with Gasteiger partial charge in [-0.1, -0.05) is 35.5 Å². The van der Waals surface area contributed by atoms with E-state index >= 15 is 0 Å². The second-order valence-electron chi connectivity index (χ2n) is 6.00. The fourth-order valence-corrected chi connectivity index (χ4v) is 2.40. The molecule has 8 nitrogen and oxygen atoms in total. The molecule has 0 radical (unpaired) electrons. The van der Waals surface area contributed by atoms with E-state index in [-0.39, 0.29) is 30.4 Å². The monoisotopic (exact) mass is 402 g/mol. The van der Waals surface area contributed by atoms with Gasteiger partial charge in [-0.3, -0.25) is 9.59 Å². The number of rotatable bonds is 7. The minimum absolute atomic E-state index is 0.0785. The van der Waals surface area contributed by atoms with Gasteiger partial charge in [-0.25, -0.2) is 8.78 Å². The third-order valence-electron chi connectivity index (χ3n) is 3.83. The first kappa shape index (κ1) is 20.1. The molecule has 0 saturated carbocycles. The van der Waals surface area contributed by atoms with E-state index in [0.717, 1.165) is 12.1 Å². The van der Waals surface area contributed by atoms with Gasteiger partial charge in [-0.05, 0) is 17.7 Å². The molecule has 0 saturated heterocycles. The SMILES string of the molecule is O=C(Cc1noc(C(=O)NCC(O)c2ccccc2)n1)Nc1ccc(F)cc1F. The van der Waals surface area contributed by atoms with Crippen molar-refractivity contribution in [3.63, 3.8) is 0 Å². The number of halogens is 2. The summed E-state index contributed by atoms with van der Waals surface area (Å²) in [6.45, 7) is -0.0785. The van der Waals surface area contributed by atoms with Crippen molar-refractivity contribution in [1.29, 1.82) is 0 Å². The molecule has 1 aromatic heterocycles. The highest BCUT2D eigenvalue weighted by atomic mass is 19.1. The number of amides is 2. The smallest absolute Gasteiger partial charge is 0.315 e. The van der Waals surface area contributed by atoms with Crippen LogP contribution in [0, 0.1) is 11.6 Å². The van der Waals surface area contributed by atoms with Crippen LogP contribution in [0.3, 0.4) is 0 Å². The second-order valence-corrected chi connectivity index (χ2v) is 6.00. The summed E-state index contributed by atoms with van der Waals surface area (Å²) in [7, 11) is 0. The zero-order valence-electron chi connectivity index (χ0n) is 14.9. The summed E-state index contributed by atoms with van der Waals surface area (Å²) in [6, 6.07) is 11.5. The molecule has 0 aliphatic carbocycles. The molecule has 0 bridgehead atoms. The molecule has 10 heteroatoms. The summed E-state index contributed by atoms with van der Waals surface area (Å²) in [5.41, 5.74) is 0.427. The lowest BCUT2D eigenvalue weighted by molar-refractivity contribution is -0.115. The van der Waals surface area contributed by atoms with Crippen molar-refractivity contribution in [3.05, 3.63) is 77.4 Å². The van der Waals surface area contributed by atoms with E-state index in [1.165, 1.54) is 0 Å². The summed E-state index contributed by atoms with van der Waals surface area (Å²) in [4.78, 5) is 27.8. The molecule has 3 aromatic rings. The molecule has 3 rings (SSSR count). The van der Waals surface area contributed by atoms with Crippen molar-refractivity contribution in [2.45, 2.75) is 12.5 Å². The number of nitrogens with zero attached hydrogens (tertiary/aromatic N) is 2. The molecule has 2 aromatic carbocycles. The average Bonchev–Trinajstić information content (AvgIpc) is 3.17. The Morgan fingerprint density at radius 2 is 1.90 bits per heavy atom. The molecule has 0 aliphatic heterocycles. The van der Waals surface area contributed by atoms with Gasteiger partial charge in [0.05, 0.1) is 18.2 Å². The Kier molecular flexibility index (Phi) is 6.25. The number of aromatic nitrogens is 2. The summed E-state index contributed by atoms with van der Waals surface area (Å²) in [6.07, 6.45) is -1.31. The molecule has 0 spiro atoms. The number of nitrogens with one attached hydrogen (secondary N) is 2. The Labute approximate surface area is 163 Å². The van der Waals surface area contributed by atoms with Crippen molar-refractivity contribution < 1.29 is 28.0 Å². The van der Waals surface area contributed by atoms with Crippen molar-refractivity contribution in [3.8, 4) is 0 Å². The predicted octanol–water partition coefficient (Wildman–Crippen LogP) is 1.99. The van der Waals surface area contributed by atoms with E-state index in [9.17, 15) is 23.5 Å². The number of hydrogen-bond donors (Lipinski definition) is 3. The standard InChI is InChI=1S/C19H16F2N4O4/c20-12-6-7-14(13(21)8-12)23-17(27)9-16-24-19(29-25-16)18(28)22-10-15(26)11-4-2-1-3-5-11/h1-8,15,26H,9-10H2,(H,22,28)(H,23,27). The first-order chi connectivity index (χ1) is 13.9. The summed E-state index contributed by atoms with van der Waals surface area (Å²) in [5, 5.41) is 18.2. The Morgan fingerprint density at radius 1 is 1.14 bits per heavy atom. The van der Waals surface area contributed by atoms with Crippen molar-refractivity contribution in [1.82, 2.24) is 15.5 Å². The molecule has 3 N–H and O–H groups in total. The normalized spacial score (nSPS) is 11.7. The quantitative estimate of drug-likeness (QED) is 0.556. The zero-order chi connectivity index (χ0) is 20.8. The van der Waals surface area contributed by atoms with Crippen molar-refractivity contribution >= 4 is 17.5 Å². The maximum absolute atomic E-state index is 13.6. The number of aliphatic hydroxyl groups is 1. The van der Waals surface area contributed by atoms with E-state index in [1.54, 1.807) is 30.3 Å². The maximum Gasteiger partial charge on any atom is 0.315 e. The lowest BCUT2D eigenvalue weighted by atomic mass is 10.1. The molecule has 29 heavy (non-hydrogen) atoms. The van der Waals surface area contributed by atoms with Crippen LogP contribution in [0.15, 0.2) is 53.1 Å². The lowest BCUT2D eigenvalue weighted by Gasteiger charge is -2.10. The molecule has 1 unspecified atom stereocenters. The van der Waals surface area contributed by atoms with Crippen LogP contribution in [-0.4, -0.2) is 33.6 Å². The minimum Gasteiger partial charge on any atom is -0.387 e. The molecule has 2 amide bonds. The number of aliphatic hydroxyl groups excluding tert-OH is 1. The van der Waals surface area contributed by atoms with E-state index in [1.807, 2.05) is 0 Å². The average molecular weight is 402 g/mol. The van der Waals surface area contributed by atoms with Crippen LogP contribution in [0.5, 0.6) is 0 Å². The van der Waals surface area contributed by atoms with Crippen LogP contribution in [-0.2, 0) is 11.2 Å². The Bertz CT molecular complexity index is 1010. The first-order valence-corrected chi connectivity index (χ1v) is 8.51. The number of carbonyl (C=O) groups is 2. The van der Waals surface area contributed by atoms with Gasteiger partial charge in [0.2, 0.25) is 5.91 Å². The summed E-state index contributed by atoms with van der Waals surface area (Å²) >= 11 is 0. The van der Waals surface area contributed by atoms with E-state index in [0.29, 0.717) is 11.6 Å². The minimum atomic E-state index is -0.927. The third-order valence-corrected chi connectivity index (χ3v) is 3.83. The summed E-state index contributed by atoms with van der Waals surface area (Å²) in [5.74, 6) is -3.58. The van der Waals surface area contributed by atoms with Gasteiger partial charge in [0, 0.05) is 12.6 Å². The van der Waals surface area contributed by atoms with Crippen molar-refractivity contribution in [2.75, 3.05) is 11.9 Å². The predicted molar refractivity (Wildman–Crippen MR) is 96.7 cm³/mol. The molecular formula is C19H16F2N4O4. The van der Waals surface area contributed by atoms with E-state index in [2.05, 4.69) is 20.8 Å². The Balaban J connectivity index is 1.53. The third kappa shape index (κ3) is 5.42. The van der Waals surface area contributed by atoms with Crippen LogP contribution < -0.4 is 10.6 Å². The fourth-order valence-electron chi connectivity index (χ4n) is 2.40. The molecule has 0 fully saturated rings. The van der Waals surface area contributed by atoms with E-state index < -0.39 is 29.6 Å². The molecule has 1 atom stereocenters. The van der Waals surface area contributed by atoms with Crippen LogP contribution in [0.2, 0.25) is 0 Å². The maximum atomic E-state index is 13.6. The van der Waals surface area contributed by atoms with Gasteiger partial charge in [-0.2, -0.15) is 4.98 Å². The number of carbonyl (C=O) groups excluding carboxylic acids is 2. The molecular weight excluding hydrogens is 386 g/mol. The molecule has 150 valence electrons. The van der Waals surface area contributed by atoms with Gasteiger partial charge < -0.3 is 20.3 Å². The second kappa shape index (κ2) is 9.02. The van der Waals surface area contributed by atoms with Gasteiger partial charge in [0.1, 0.15) is 11.6 Å². The van der Waals surface area contributed by atoms with Crippen LogP contribution in [0.4, 0.5) is 14.5 Å². The number of benzene rings is 2. The van der Waals surface area contributed by atoms with Gasteiger partial charge in [0.25, 0.3) is 0 Å². The Hall–Kier alpha value is -3.66. The van der Waals surface area contributed by atoms with Gasteiger partial charge >= 0.3 is 11.8 Å². The number of hydrogen-bond acceptors (Lipinski definition) is 6. The Morgan fingerprint density at radius 3 is 2.62 bits per heavy atom. The highest BCUT2D eigenvalue weighted by Crippen LogP contribution is 2.15. The lowest BCUT2D eigenvalue weighted by Crippen LogP contribution is -2.28. The fraction of sp³-hybridized carbons (Fsp3) is 0.158.